The van der Waals surface area contributed by atoms with Crippen LogP contribution in [0.2, 0.25) is 0 Å². The second kappa shape index (κ2) is 5.65. The van der Waals surface area contributed by atoms with Gasteiger partial charge in [0.2, 0.25) is 0 Å². The number of nitrogens with zero attached hydrogens (tertiary/aromatic N) is 2. The quantitative estimate of drug-likeness (QED) is 0.837. The van der Waals surface area contributed by atoms with Gasteiger partial charge in [0, 0.05) is 24.5 Å². The molecule has 1 heterocycles. The highest BCUT2D eigenvalue weighted by Crippen LogP contribution is 2.10. The maximum atomic E-state index is 5.78. The number of aryl methyl sites for hydroxylation is 1. The molecule has 0 saturated heterocycles. The fourth-order valence-corrected chi connectivity index (χ4v) is 2.02. The maximum Gasteiger partial charge on any atom is 0.0547 e. The Hall–Kier alpha value is -1.87. The Morgan fingerprint density at radius 3 is 2.61 bits per heavy atom. The number of anilines is 1. The van der Waals surface area contributed by atoms with Crippen molar-refractivity contribution in [2.75, 3.05) is 12.8 Å². The van der Waals surface area contributed by atoms with Crippen LogP contribution in [0.4, 0.5) is 5.69 Å². The van der Waals surface area contributed by atoms with E-state index in [9.17, 15) is 0 Å². The van der Waals surface area contributed by atoms with Gasteiger partial charge in [-0.2, -0.15) is 0 Å². The van der Waals surface area contributed by atoms with E-state index in [2.05, 4.69) is 29.1 Å². The van der Waals surface area contributed by atoms with E-state index in [1.807, 2.05) is 37.3 Å². The van der Waals surface area contributed by atoms with E-state index in [4.69, 9.17) is 5.73 Å². The second-order valence-corrected chi connectivity index (χ2v) is 4.69. The molecule has 0 aliphatic carbocycles. The fourth-order valence-electron chi connectivity index (χ4n) is 2.02. The van der Waals surface area contributed by atoms with Crippen molar-refractivity contribution < 1.29 is 0 Å². The summed E-state index contributed by atoms with van der Waals surface area (Å²) in [6, 6.07) is 14.1. The van der Waals surface area contributed by atoms with Crippen LogP contribution in [0.5, 0.6) is 0 Å². The number of nitrogen functional groups attached to an aromatic ring is 1. The normalized spacial score (nSPS) is 10.8. The summed E-state index contributed by atoms with van der Waals surface area (Å²) in [5.74, 6) is 0. The highest BCUT2D eigenvalue weighted by atomic mass is 15.1. The summed E-state index contributed by atoms with van der Waals surface area (Å²) >= 11 is 0. The molecule has 0 aliphatic heterocycles. The fraction of sp³-hybridized carbons (Fsp3) is 0.267. The van der Waals surface area contributed by atoms with Gasteiger partial charge < -0.3 is 5.73 Å². The summed E-state index contributed by atoms with van der Waals surface area (Å²) in [4.78, 5) is 6.74. The summed E-state index contributed by atoms with van der Waals surface area (Å²) in [6.45, 7) is 3.73. The van der Waals surface area contributed by atoms with Crippen LogP contribution in [-0.2, 0) is 13.1 Å². The van der Waals surface area contributed by atoms with E-state index in [-0.39, 0.29) is 0 Å². The summed E-state index contributed by atoms with van der Waals surface area (Å²) in [7, 11) is 2.09. The third-order valence-corrected chi connectivity index (χ3v) is 2.78. The molecule has 0 spiro atoms. The molecule has 0 fully saturated rings. The minimum absolute atomic E-state index is 0.814. The molecule has 3 heteroatoms. The summed E-state index contributed by atoms with van der Waals surface area (Å²) < 4.78 is 0. The van der Waals surface area contributed by atoms with Crippen LogP contribution in [-0.4, -0.2) is 16.9 Å². The van der Waals surface area contributed by atoms with Gasteiger partial charge in [0.1, 0.15) is 0 Å². The van der Waals surface area contributed by atoms with Gasteiger partial charge in [-0.25, -0.2) is 0 Å². The largest absolute Gasteiger partial charge is 0.399 e. The van der Waals surface area contributed by atoms with Crippen LogP contribution in [0.3, 0.4) is 0 Å². The zero-order valence-corrected chi connectivity index (χ0v) is 10.9. The van der Waals surface area contributed by atoms with Crippen molar-refractivity contribution >= 4 is 5.69 Å². The average molecular weight is 241 g/mol. The van der Waals surface area contributed by atoms with Gasteiger partial charge in [0.25, 0.3) is 0 Å². The standard InChI is InChI=1S/C15H19N3/c1-12-5-3-8-15(17-12)11-18(2)10-13-6-4-7-14(16)9-13/h3-9H,10-11,16H2,1-2H3. The molecular weight excluding hydrogens is 222 g/mol. The van der Waals surface area contributed by atoms with Crippen LogP contribution in [0.1, 0.15) is 17.0 Å². The van der Waals surface area contributed by atoms with Gasteiger partial charge >= 0.3 is 0 Å². The first kappa shape index (κ1) is 12.6. The molecule has 1 aromatic heterocycles. The predicted molar refractivity (Wildman–Crippen MR) is 75.0 cm³/mol. The van der Waals surface area contributed by atoms with E-state index in [1.165, 1.54) is 5.56 Å². The van der Waals surface area contributed by atoms with Crippen molar-refractivity contribution in [3.8, 4) is 0 Å². The summed E-state index contributed by atoms with van der Waals surface area (Å²) in [5.41, 5.74) is 9.98. The Labute approximate surface area is 108 Å². The zero-order chi connectivity index (χ0) is 13.0. The topological polar surface area (TPSA) is 42.1 Å². The predicted octanol–water partition coefficient (Wildman–Crippen LogP) is 2.60. The van der Waals surface area contributed by atoms with E-state index in [1.54, 1.807) is 0 Å². The minimum atomic E-state index is 0.814. The number of aromatic nitrogens is 1. The highest BCUT2D eigenvalue weighted by molar-refractivity contribution is 5.40. The Kier molecular flexibility index (Phi) is 3.95. The lowest BCUT2D eigenvalue weighted by Gasteiger charge is -2.16. The van der Waals surface area contributed by atoms with E-state index in [0.717, 1.165) is 30.2 Å². The molecule has 2 rings (SSSR count). The lowest BCUT2D eigenvalue weighted by molar-refractivity contribution is 0.315. The smallest absolute Gasteiger partial charge is 0.0547 e. The van der Waals surface area contributed by atoms with Crippen LogP contribution in [0.25, 0.3) is 0 Å². The van der Waals surface area contributed by atoms with Gasteiger partial charge in [-0.1, -0.05) is 18.2 Å². The van der Waals surface area contributed by atoms with Crippen LogP contribution in [0.15, 0.2) is 42.5 Å². The number of nitrogens with two attached hydrogens (primary N) is 1. The van der Waals surface area contributed by atoms with Crippen molar-refractivity contribution in [1.82, 2.24) is 9.88 Å². The van der Waals surface area contributed by atoms with Gasteiger partial charge in [-0.05, 0) is 43.8 Å². The maximum absolute atomic E-state index is 5.78. The molecule has 3 nitrogen and oxygen atoms in total. The zero-order valence-electron chi connectivity index (χ0n) is 10.9. The number of hydrogen-bond acceptors (Lipinski definition) is 3. The highest BCUT2D eigenvalue weighted by Gasteiger charge is 2.03. The van der Waals surface area contributed by atoms with Crippen molar-refractivity contribution in [1.29, 1.82) is 0 Å². The summed E-state index contributed by atoms with van der Waals surface area (Å²) in [6.07, 6.45) is 0. The van der Waals surface area contributed by atoms with Gasteiger partial charge in [-0.3, -0.25) is 9.88 Å². The first-order valence-electron chi connectivity index (χ1n) is 6.09. The van der Waals surface area contributed by atoms with Crippen LogP contribution >= 0.6 is 0 Å². The Morgan fingerprint density at radius 1 is 1.11 bits per heavy atom. The van der Waals surface area contributed by atoms with E-state index in [0.29, 0.717) is 0 Å². The van der Waals surface area contributed by atoms with Crippen molar-refractivity contribution in [2.24, 2.45) is 0 Å². The molecule has 18 heavy (non-hydrogen) atoms. The molecule has 0 unspecified atom stereocenters. The van der Waals surface area contributed by atoms with Gasteiger partial charge in [0.15, 0.2) is 0 Å². The summed E-state index contributed by atoms with van der Waals surface area (Å²) in [5, 5.41) is 0. The lowest BCUT2D eigenvalue weighted by atomic mass is 10.2. The Balaban J connectivity index is 1.98. The number of hydrogen-bond donors (Lipinski definition) is 1. The van der Waals surface area contributed by atoms with E-state index < -0.39 is 0 Å². The molecule has 0 bridgehead atoms. The Morgan fingerprint density at radius 2 is 1.89 bits per heavy atom. The van der Waals surface area contributed by atoms with Crippen LogP contribution in [0, 0.1) is 6.92 Å². The molecule has 1 aromatic carbocycles. The van der Waals surface area contributed by atoms with Crippen molar-refractivity contribution in [3.05, 3.63) is 59.4 Å². The molecule has 0 aliphatic rings. The average Bonchev–Trinajstić information content (AvgIpc) is 2.28. The first-order valence-corrected chi connectivity index (χ1v) is 6.09. The molecular formula is C15H19N3. The van der Waals surface area contributed by atoms with Gasteiger partial charge in [-0.15, -0.1) is 0 Å². The molecule has 2 N–H and O–H groups in total. The van der Waals surface area contributed by atoms with Crippen molar-refractivity contribution in [3.63, 3.8) is 0 Å². The second-order valence-electron chi connectivity index (χ2n) is 4.69. The molecule has 0 saturated carbocycles. The third-order valence-electron chi connectivity index (χ3n) is 2.78. The monoisotopic (exact) mass is 241 g/mol. The molecule has 0 atom stereocenters. The van der Waals surface area contributed by atoms with Crippen LogP contribution < -0.4 is 5.73 Å². The molecule has 0 radical (unpaired) electrons. The molecule has 2 aromatic rings. The first-order chi connectivity index (χ1) is 8.63. The number of pyridine rings is 1. The van der Waals surface area contributed by atoms with Gasteiger partial charge in [0.05, 0.1) is 5.69 Å². The van der Waals surface area contributed by atoms with Crippen molar-refractivity contribution in [2.45, 2.75) is 20.0 Å². The SMILES string of the molecule is Cc1cccc(CN(C)Cc2cccc(N)c2)n1. The molecule has 0 amide bonds. The van der Waals surface area contributed by atoms with E-state index >= 15 is 0 Å². The lowest BCUT2D eigenvalue weighted by Crippen LogP contribution is -2.18. The molecule has 94 valence electrons. The minimum Gasteiger partial charge on any atom is -0.399 e. The number of benzene rings is 1. The Bertz CT molecular complexity index is 475. The third kappa shape index (κ3) is 3.57. The number of rotatable bonds is 4.